The number of nitrogens with zero attached hydrogens (tertiary/aromatic N) is 2. The summed E-state index contributed by atoms with van der Waals surface area (Å²) in [5.74, 6) is 0.757. The number of carbonyl (C=O) groups is 1. The van der Waals surface area contributed by atoms with Crippen molar-refractivity contribution in [2.45, 2.75) is 38.5 Å². The van der Waals surface area contributed by atoms with Crippen LogP contribution in [0.5, 0.6) is 0 Å². The molecule has 1 heterocycles. The van der Waals surface area contributed by atoms with E-state index in [1.807, 2.05) is 12.1 Å². The van der Waals surface area contributed by atoms with Crippen molar-refractivity contribution in [2.75, 3.05) is 6.61 Å². The molecule has 0 saturated heterocycles. The first-order chi connectivity index (χ1) is 10.0. The Labute approximate surface area is 123 Å². The number of aromatic nitrogens is 2. The molecule has 2 aromatic rings. The molecule has 1 aromatic carbocycles. The third-order valence-electron chi connectivity index (χ3n) is 3.93. The Morgan fingerprint density at radius 2 is 2.19 bits per heavy atom. The van der Waals surface area contributed by atoms with E-state index >= 15 is 0 Å². The van der Waals surface area contributed by atoms with Crippen LogP contribution in [0.2, 0.25) is 0 Å². The fraction of sp³-hybridized carbons (Fsp3) is 0.438. The number of hydrogen-bond donors (Lipinski definition) is 0. The van der Waals surface area contributed by atoms with Gasteiger partial charge in [-0.3, -0.25) is 4.79 Å². The molecule has 5 nitrogen and oxygen atoms in total. The fourth-order valence-electron chi connectivity index (χ4n) is 2.52. The first-order valence-corrected chi connectivity index (χ1v) is 7.13. The van der Waals surface area contributed by atoms with E-state index in [1.165, 1.54) is 11.1 Å². The zero-order valence-electron chi connectivity index (χ0n) is 12.4. The maximum atomic E-state index is 12.0. The Hall–Kier alpha value is -2.17. The quantitative estimate of drug-likeness (QED) is 0.808. The zero-order valence-corrected chi connectivity index (χ0v) is 12.4. The Morgan fingerprint density at radius 1 is 1.43 bits per heavy atom. The molecule has 0 fully saturated rings. The summed E-state index contributed by atoms with van der Waals surface area (Å²) in [4.78, 5) is 16.4. The number of ether oxygens (including phenoxy) is 1. The van der Waals surface area contributed by atoms with Crippen LogP contribution in [0.4, 0.5) is 0 Å². The van der Waals surface area contributed by atoms with E-state index in [2.05, 4.69) is 22.3 Å². The molecule has 0 radical (unpaired) electrons. The van der Waals surface area contributed by atoms with Crippen molar-refractivity contribution in [3.63, 3.8) is 0 Å². The number of fused-ring (bicyclic) bond motifs is 1. The van der Waals surface area contributed by atoms with Crippen LogP contribution in [-0.4, -0.2) is 22.7 Å². The van der Waals surface area contributed by atoms with Gasteiger partial charge in [0.1, 0.15) is 5.41 Å². The van der Waals surface area contributed by atoms with Gasteiger partial charge in [-0.2, -0.15) is 4.98 Å². The molecule has 5 heteroatoms. The molecule has 1 unspecified atom stereocenters. The molecular formula is C16H18N2O3. The summed E-state index contributed by atoms with van der Waals surface area (Å²) >= 11 is 0. The molecule has 0 aliphatic heterocycles. The summed E-state index contributed by atoms with van der Waals surface area (Å²) in [6, 6.07) is 8.22. The number of esters is 1. The number of rotatable bonds is 4. The third kappa shape index (κ3) is 2.22. The lowest BCUT2D eigenvalue weighted by Crippen LogP contribution is -2.31. The van der Waals surface area contributed by atoms with E-state index in [-0.39, 0.29) is 11.9 Å². The van der Waals surface area contributed by atoms with Gasteiger partial charge in [0.25, 0.3) is 0 Å². The van der Waals surface area contributed by atoms with Crippen LogP contribution < -0.4 is 0 Å². The highest BCUT2D eigenvalue weighted by molar-refractivity contribution is 5.80. The van der Waals surface area contributed by atoms with E-state index < -0.39 is 5.41 Å². The van der Waals surface area contributed by atoms with E-state index in [1.54, 1.807) is 20.8 Å². The average Bonchev–Trinajstić information content (AvgIpc) is 2.90. The third-order valence-corrected chi connectivity index (χ3v) is 3.93. The summed E-state index contributed by atoms with van der Waals surface area (Å²) in [6.45, 7) is 5.58. The molecule has 1 aliphatic carbocycles. The largest absolute Gasteiger partial charge is 0.465 e. The molecule has 1 atom stereocenters. The van der Waals surface area contributed by atoms with Crippen LogP contribution in [0.1, 0.15) is 49.5 Å². The smallest absolute Gasteiger partial charge is 0.321 e. The Morgan fingerprint density at radius 3 is 2.90 bits per heavy atom. The van der Waals surface area contributed by atoms with Crippen LogP contribution in [-0.2, 0) is 21.4 Å². The van der Waals surface area contributed by atoms with E-state index in [4.69, 9.17) is 9.26 Å². The monoisotopic (exact) mass is 286 g/mol. The molecule has 0 spiro atoms. The van der Waals surface area contributed by atoms with Gasteiger partial charge >= 0.3 is 5.97 Å². The minimum absolute atomic E-state index is 0.164. The van der Waals surface area contributed by atoms with Gasteiger partial charge in [0.05, 0.1) is 12.5 Å². The first kappa shape index (κ1) is 13.8. The van der Waals surface area contributed by atoms with Gasteiger partial charge < -0.3 is 9.26 Å². The molecule has 21 heavy (non-hydrogen) atoms. The summed E-state index contributed by atoms with van der Waals surface area (Å²) in [5.41, 5.74) is 1.63. The molecule has 0 saturated carbocycles. The lowest BCUT2D eigenvalue weighted by atomic mass is 9.77. The molecule has 3 rings (SSSR count). The second-order valence-electron chi connectivity index (χ2n) is 5.76. The van der Waals surface area contributed by atoms with E-state index in [9.17, 15) is 4.79 Å². The fourth-order valence-corrected chi connectivity index (χ4v) is 2.52. The van der Waals surface area contributed by atoms with Crippen LogP contribution in [0.3, 0.4) is 0 Å². The predicted molar refractivity (Wildman–Crippen MR) is 75.9 cm³/mol. The van der Waals surface area contributed by atoms with Crippen molar-refractivity contribution in [2.24, 2.45) is 0 Å². The average molecular weight is 286 g/mol. The maximum Gasteiger partial charge on any atom is 0.321 e. The normalized spacial score (nSPS) is 17.0. The topological polar surface area (TPSA) is 65.2 Å². The minimum atomic E-state index is -0.926. The van der Waals surface area contributed by atoms with Crippen molar-refractivity contribution in [3.05, 3.63) is 47.1 Å². The van der Waals surface area contributed by atoms with Crippen LogP contribution >= 0.6 is 0 Å². The lowest BCUT2D eigenvalue weighted by Gasteiger charge is -2.27. The van der Waals surface area contributed by atoms with Gasteiger partial charge in [-0.05, 0) is 38.3 Å². The summed E-state index contributed by atoms with van der Waals surface area (Å²) in [5, 5.41) is 4.05. The van der Waals surface area contributed by atoms with Gasteiger partial charge in [-0.25, -0.2) is 0 Å². The van der Waals surface area contributed by atoms with Crippen LogP contribution in [0.25, 0.3) is 0 Å². The molecule has 110 valence electrons. The second kappa shape index (κ2) is 4.98. The molecule has 0 N–H and O–H groups in total. The van der Waals surface area contributed by atoms with Crippen molar-refractivity contribution >= 4 is 5.97 Å². The predicted octanol–water partition coefficient (Wildman–Crippen LogP) is 2.60. The van der Waals surface area contributed by atoms with Gasteiger partial charge in [0.2, 0.25) is 5.89 Å². The summed E-state index contributed by atoms with van der Waals surface area (Å²) in [7, 11) is 0. The lowest BCUT2D eigenvalue weighted by molar-refractivity contribution is -0.149. The van der Waals surface area contributed by atoms with E-state index in [0.717, 1.165) is 6.42 Å². The highest BCUT2D eigenvalue weighted by Crippen LogP contribution is 2.39. The zero-order chi connectivity index (χ0) is 15.0. The maximum absolute atomic E-state index is 12.0. The van der Waals surface area contributed by atoms with Gasteiger partial charge in [0, 0.05) is 0 Å². The van der Waals surface area contributed by atoms with Crippen LogP contribution in [0.15, 0.2) is 28.8 Å². The molecular weight excluding hydrogens is 268 g/mol. The van der Waals surface area contributed by atoms with Crippen molar-refractivity contribution in [1.29, 1.82) is 0 Å². The summed E-state index contributed by atoms with van der Waals surface area (Å²) in [6.07, 6.45) is 0.912. The van der Waals surface area contributed by atoms with Crippen molar-refractivity contribution in [1.82, 2.24) is 10.1 Å². The summed E-state index contributed by atoms with van der Waals surface area (Å²) < 4.78 is 10.4. The standard InChI is InChI=1S/C16H18N2O3/c1-4-20-15(19)16(2,3)14-17-13(18-21-14)12-9-10-7-5-6-8-11(10)12/h5-8,12H,4,9H2,1-3H3. The second-order valence-corrected chi connectivity index (χ2v) is 5.76. The highest BCUT2D eigenvalue weighted by Gasteiger charge is 2.39. The highest BCUT2D eigenvalue weighted by atomic mass is 16.5. The van der Waals surface area contributed by atoms with Gasteiger partial charge in [-0.1, -0.05) is 29.4 Å². The Balaban J connectivity index is 1.84. The molecule has 0 bridgehead atoms. The Kier molecular flexibility index (Phi) is 3.27. The molecule has 1 aliphatic rings. The first-order valence-electron chi connectivity index (χ1n) is 7.13. The number of benzene rings is 1. The minimum Gasteiger partial charge on any atom is -0.465 e. The van der Waals surface area contributed by atoms with Gasteiger partial charge in [0.15, 0.2) is 5.82 Å². The van der Waals surface area contributed by atoms with Crippen molar-refractivity contribution < 1.29 is 14.1 Å². The SMILES string of the molecule is CCOC(=O)C(C)(C)c1nc(C2Cc3ccccc32)no1. The van der Waals surface area contributed by atoms with Gasteiger partial charge in [-0.15, -0.1) is 0 Å². The van der Waals surface area contributed by atoms with E-state index in [0.29, 0.717) is 18.3 Å². The Bertz CT molecular complexity index is 676. The molecule has 1 aromatic heterocycles. The van der Waals surface area contributed by atoms with Crippen LogP contribution in [0, 0.1) is 0 Å². The number of hydrogen-bond acceptors (Lipinski definition) is 5. The molecule has 0 amide bonds. The number of carbonyl (C=O) groups excluding carboxylic acids is 1. The van der Waals surface area contributed by atoms with Crippen molar-refractivity contribution in [3.8, 4) is 0 Å².